The van der Waals surface area contributed by atoms with Gasteiger partial charge in [0.1, 0.15) is 17.4 Å². The molecule has 0 radical (unpaired) electrons. The number of aryl methyl sites for hydroxylation is 1. The molecule has 3 heterocycles. The molecule has 7 nitrogen and oxygen atoms in total. The summed E-state index contributed by atoms with van der Waals surface area (Å²) < 4.78 is 24.0. The highest BCUT2D eigenvalue weighted by Crippen LogP contribution is 2.39. The Hall–Kier alpha value is -4.85. The van der Waals surface area contributed by atoms with E-state index in [1.807, 2.05) is 84.5 Å². The lowest BCUT2D eigenvalue weighted by Crippen LogP contribution is -2.38. The number of amides is 2. The number of hydrogen-bond acceptors (Lipinski definition) is 3. The van der Waals surface area contributed by atoms with Gasteiger partial charge in [-0.2, -0.15) is 5.10 Å². The van der Waals surface area contributed by atoms with Crippen molar-refractivity contribution in [3.63, 3.8) is 0 Å². The number of carbonyl (C=O) groups is 1. The molecule has 1 aliphatic heterocycles. The van der Waals surface area contributed by atoms with E-state index in [4.69, 9.17) is 9.84 Å². The molecular formula is C30H26FN5O2. The molecule has 0 saturated carbocycles. The van der Waals surface area contributed by atoms with Crippen LogP contribution >= 0.6 is 0 Å². The SMILES string of the molecule is COc1cccc([C@@H]2c3cccn3-c3c(c(C)nn3-c3ccccc3)CN2C(=O)Nc2ccccc2F)c1. The number of carbonyl (C=O) groups excluding carboxylic acids is 1. The predicted octanol–water partition coefficient (Wildman–Crippen LogP) is 6.26. The van der Waals surface area contributed by atoms with Crippen molar-refractivity contribution in [3.8, 4) is 17.3 Å². The number of urea groups is 1. The molecule has 0 unspecified atom stereocenters. The van der Waals surface area contributed by atoms with Crippen LogP contribution in [0.3, 0.4) is 0 Å². The highest BCUT2D eigenvalue weighted by Gasteiger charge is 2.36. The first-order valence-electron chi connectivity index (χ1n) is 12.3. The van der Waals surface area contributed by atoms with E-state index in [-0.39, 0.29) is 12.2 Å². The number of fused-ring (bicyclic) bond motifs is 3. The molecule has 3 aromatic carbocycles. The van der Waals surface area contributed by atoms with Crippen molar-refractivity contribution in [2.45, 2.75) is 19.5 Å². The van der Waals surface area contributed by atoms with Crippen LogP contribution < -0.4 is 10.1 Å². The van der Waals surface area contributed by atoms with E-state index in [1.54, 1.807) is 30.2 Å². The highest BCUT2D eigenvalue weighted by atomic mass is 19.1. The number of para-hydroxylation sites is 2. The third-order valence-corrected chi connectivity index (χ3v) is 6.87. The summed E-state index contributed by atoms with van der Waals surface area (Å²) in [6.45, 7) is 2.21. The zero-order chi connectivity index (χ0) is 26.2. The van der Waals surface area contributed by atoms with Crippen molar-refractivity contribution >= 4 is 11.7 Å². The molecular weight excluding hydrogens is 481 g/mol. The van der Waals surface area contributed by atoms with E-state index in [2.05, 4.69) is 9.88 Å². The van der Waals surface area contributed by atoms with Gasteiger partial charge in [-0.25, -0.2) is 13.9 Å². The number of rotatable bonds is 4. The second-order valence-corrected chi connectivity index (χ2v) is 9.16. The average molecular weight is 508 g/mol. The fourth-order valence-corrected chi connectivity index (χ4v) is 5.06. The van der Waals surface area contributed by atoms with Crippen LogP contribution in [0.2, 0.25) is 0 Å². The second-order valence-electron chi connectivity index (χ2n) is 9.16. The zero-order valence-electron chi connectivity index (χ0n) is 21.0. The number of hydrogen-bond donors (Lipinski definition) is 1. The average Bonchev–Trinajstić information content (AvgIpc) is 3.50. The standard InChI is InChI=1S/C30H26FN5O2/c1-20-24-19-35(30(37)32-26-15-7-6-14-25(26)31)28(21-10-8-13-23(18-21)38-2)27-16-9-17-34(27)29(24)36(33-20)22-11-4-3-5-12-22/h3-18,28H,19H2,1-2H3,(H,32,37)/t28-/m1/s1. The van der Waals surface area contributed by atoms with Crippen LogP contribution in [0.15, 0.2) is 97.2 Å². The highest BCUT2D eigenvalue weighted by molar-refractivity contribution is 5.90. The summed E-state index contributed by atoms with van der Waals surface area (Å²) in [5.41, 5.74) is 4.49. The number of methoxy groups -OCH3 is 1. The Labute approximate surface area is 219 Å². The summed E-state index contributed by atoms with van der Waals surface area (Å²) in [6, 6.07) is 26.8. The number of nitrogens with one attached hydrogen (secondary N) is 1. The van der Waals surface area contributed by atoms with E-state index in [0.29, 0.717) is 5.75 Å². The maximum atomic E-state index is 14.5. The first-order chi connectivity index (χ1) is 18.5. The van der Waals surface area contributed by atoms with Crippen LogP contribution in [0.4, 0.5) is 14.9 Å². The van der Waals surface area contributed by atoms with Crippen molar-refractivity contribution < 1.29 is 13.9 Å². The third kappa shape index (κ3) is 4.00. The van der Waals surface area contributed by atoms with Gasteiger partial charge in [-0.05, 0) is 61.0 Å². The quantitative estimate of drug-likeness (QED) is 0.312. The number of aromatic nitrogens is 3. The Morgan fingerprint density at radius 3 is 2.58 bits per heavy atom. The van der Waals surface area contributed by atoms with Crippen molar-refractivity contribution in [2.75, 3.05) is 12.4 Å². The number of ether oxygens (including phenoxy) is 1. The van der Waals surface area contributed by atoms with Crippen LogP contribution in [-0.2, 0) is 6.54 Å². The van der Waals surface area contributed by atoms with Crippen molar-refractivity contribution in [1.29, 1.82) is 0 Å². The van der Waals surface area contributed by atoms with E-state index in [0.717, 1.165) is 34.0 Å². The van der Waals surface area contributed by atoms with Crippen LogP contribution in [0.5, 0.6) is 5.75 Å². The largest absolute Gasteiger partial charge is 0.497 e. The molecule has 2 aromatic heterocycles. The van der Waals surface area contributed by atoms with Gasteiger partial charge >= 0.3 is 6.03 Å². The Morgan fingerprint density at radius 1 is 1.00 bits per heavy atom. The molecule has 0 bridgehead atoms. The van der Waals surface area contributed by atoms with Crippen LogP contribution in [0.1, 0.15) is 28.6 Å². The molecule has 5 aromatic rings. The van der Waals surface area contributed by atoms with Gasteiger partial charge in [-0.1, -0.05) is 42.5 Å². The summed E-state index contributed by atoms with van der Waals surface area (Å²) in [5.74, 6) is 1.05. The fraction of sp³-hybridized carbons (Fsp3) is 0.133. The second kappa shape index (κ2) is 9.55. The lowest BCUT2D eigenvalue weighted by molar-refractivity contribution is 0.194. The monoisotopic (exact) mass is 507 g/mol. The van der Waals surface area contributed by atoms with Gasteiger partial charge in [0, 0.05) is 11.8 Å². The number of benzene rings is 3. The van der Waals surface area contributed by atoms with Crippen LogP contribution in [0.25, 0.3) is 11.5 Å². The van der Waals surface area contributed by atoms with E-state index >= 15 is 0 Å². The summed E-state index contributed by atoms with van der Waals surface area (Å²) in [5, 5.41) is 7.65. The first-order valence-corrected chi connectivity index (χ1v) is 12.3. The lowest BCUT2D eigenvalue weighted by Gasteiger charge is -2.31. The van der Waals surface area contributed by atoms with Gasteiger partial charge < -0.3 is 19.5 Å². The van der Waals surface area contributed by atoms with Gasteiger partial charge in [-0.3, -0.25) is 0 Å². The molecule has 0 saturated heterocycles. The maximum absolute atomic E-state index is 14.5. The number of anilines is 1. The molecule has 0 fully saturated rings. The number of nitrogens with zero attached hydrogens (tertiary/aromatic N) is 4. The maximum Gasteiger partial charge on any atom is 0.323 e. The summed E-state index contributed by atoms with van der Waals surface area (Å²) in [7, 11) is 1.62. The van der Waals surface area contributed by atoms with Crippen LogP contribution in [-0.4, -0.2) is 32.4 Å². The minimum absolute atomic E-state index is 0.124. The summed E-state index contributed by atoms with van der Waals surface area (Å²) >= 11 is 0. The van der Waals surface area contributed by atoms with Gasteiger partial charge in [0.05, 0.1) is 42.5 Å². The van der Waals surface area contributed by atoms with Gasteiger partial charge in [0.25, 0.3) is 0 Å². The molecule has 8 heteroatoms. The molecule has 0 spiro atoms. The van der Waals surface area contributed by atoms with Gasteiger partial charge in [-0.15, -0.1) is 0 Å². The summed E-state index contributed by atoms with van der Waals surface area (Å²) in [4.78, 5) is 15.6. The summed E-state index contributed by atoms with van der Waals surface area (Å²) in [6.07, 6.45) is 1.99. The fourth-order valence-electron chi connectivity index (χ4n) is 5.06. The Balaban J connectivity index is 1.55. The normalized spacial score (nSPS) is 14.4. The van der Waals surface area contributed by atoms with Crippen molar-refractivity contribution in [1.82, 2.24) is 19.2 Å². The molecule has 1 atom stereocenters. The van der Waals surface area contributed by atoms with E-state index in [1.165, 1.54) is 6.07 Å². The minimum atomic E-state index is -0.495. The molecule has 190 valence electrons. The van der Waals surface area contributed by atoms with Crippen molar-refractivity contribution in [2.24, 2.45) is 0 Å². The topological polar surface area (TPSA) is 64.3 Å². The molecule has 2 amide bonds. The van der Waals surface area contributed by atoms with Crippen LogP contribution in [0, 0.1) is 12.7 Å². The van der Waals surface area contributed by atoms with Gasteiger partial charge in [0.2, 0.25) is 0 Å². The molecule has 38 heavy (non-hydrogen) atoms. The first kappa shape index (κ1) is 23.5. The smallest absolute Gasteiger partial charge is 0.323 e. The lowest BCUT2D eigenvalue weighted by atomic mass is 10.0. The predicted molar refractivity (Wildman–Crippen MR) is 143 cm³/mol. The minimum Gasteiger partial charge on any atom is -0.497 e. The Morgan fingerprint density at radius 2 is 1.79 bits per heavy atom. The van der Waals surface area contributed by atoms with Crippen molar-refractivity contribution in [3.05, 3.63) is 126 Å². The molecule has 1 N–H and O–H groups in total. The molecule has 1 aliphatic rings. The molecule has 0 aliphatic carbocycles. The molecule has 6 rings (SSSR count). The Kier molecular flexibility index (Phi) is 5.92. The Bertz CT molecular complexity index is 1620. The van der Waals surface area contributed by atoms with Gasteiger partial charge in [0.15, 0.2) is 0 Å². The third-order valence-electron chi connectivity index (χ3n) is 6.87. The van der Waals surface area contributed by atoms with E-state index in [9.17, 15) is 9.18 Å². The van der Waals surface area contributed by atoms with E-state index < -0.39 is 17.9 Å². The number of halogens is 1. The zero-order valence-corrected chi connectivity index (χ0v) is 21.0.